The summed E-state index contributed by atoms with van der Waals surface area (Å²) < 4.78 is 4.85. The Hall–Kier alpha value is -1.59. The van der Waals surface area contributed by atoms with Crippen molar-refractivity contribution in [3.63, 3.8) is 0 Å². The number of rotatable bonds is 6. The minimum atomic E-state index is -0.684. The van der Waals surface area contributed by atoms with Crippen LogP contribution in [0.4, 0.5) is 0 Å². The van der Waals surface area contributed by atoms with Gasteiger partial charge in [0.05, 0.1) is 13.2 Å². The summed E-state index contributed by atoms with van der Waals surface area (Å²) >= 11 is 0. The van der Waals surface area contributed by atoms with Crippen molar-refractivity contribution in [1.29, 1.82) is 0 Å². The number of carbonyl (C=O) groups excluding carboxylic acids is 3. The van der Waals surface area contributed by atoms with Gasteiger partial charge in [0.1, 0.15) is 6.04 Å². The highest BCUT2D eigenvalue weighted by Gasteiger charge is 2.25. The lowest BCUT2D eigenvalue weighted by atomic mass is 10.0. The second-order valence-electron chi connectivity index (χ2n) is 3.95. The van der Waals surface area contributed by atoms with E-state index in [2.05, 4.69) is 10.6 Å². The summed E-state index contributed by atoms with van der Waals surface area (Å²) in [6.07, 6.45) is 0. The Labute approximate surface area is 101 Å². The van der Waals surface area contributed by atoms with Crippen LogP contribution in [0.15, 0.2) is 0 Å². The standard InChI is InChI=1S/C11H20N2O4/c1-5-17-11(16)10(7(2)3)13-9(15)6-12-8(4)14/h7,10H,5-6H2,1-4H3,(H,12,14)(H,13,15)/t10-/m0/s1. The van der Waals surface area contributed by atoms with Gasteiger partial charge in [-0.3, -0.25) is 9.59 Å². The Morgan fingerprint density at radius 3 is 2.24 bits per heavy atom. The Bertz CT molecular complexity index is 289. The fourth-order valence-electron chi connectivity index (χ4n) is 1.16. The summed E-state index contributed by atoms with van der Waals surface area (Å²) in [5, 5.41) is 4.89. The van der Waals surface area contributed by atoms with Gasteiger partial charge in [0, 0.05) is 6.92 Å². The van der Waals surface area contributed by atoms with E-state index in [1.54, 1.807) is 20.8 Å². The van der Waals surface area contributed by atoms with Gasteiger partial charge in [0.25, 0.3) is 0 Å². The summed E-state index contributed by atoms with van der Waals surface area (Å²) in [5.74, 6) is -1.24. The molecule has 6 nitrogen and oxygen atoms in total. The molecule has 0 bridgehead atoms. The van der Waals surface area contributed by atoms with E-state index in [0.717, 1.165) is 0 Å². The number of hydrogen-bond acceptors (Lipinski definition) is 4. The summed E-state index contributed by atoms with van der Waals surface area (Å²) in [5.41, 5.74) is 0. The molecule has 98 valence electrons. The second-order valence-corrected chi connectivity index (χ2v) is 3.95. The lowest BCUT2D eigenvalue weighted by Gasteiger charge is -2.20. The van der Waals surface area contributed by atoms with Crippen LogP contribution in [0.1, 0.15) is 27.7 Å². The molecule has 0 unspecified atom stereocenters. The first kappa shape index (κ1) is 15.4. The zero-order chi connectivity index (χ0) is 13.4. The van der Waals surface area contributed by atoms with Gasteiger partial charge < -0.3 is 15.4 Å². The normalized spacial score (nSPS) is 11.8. The summed E-state index contributed by atoms with van der Waals surface area (Å²) in [6.45, 7) is 6.76. The number of carbonyl (C=O) groups is 3. The fourth-order valence-corrected chi connectivity index (χ4v) is 1.16. The number of nitrogens with one attached hydrogen (secondary N) is 2. The molecule has 0 aromatic carbocycles. The maximum absolute atomic E-state index is 11.5. The molecule has 0 saturated heterocycles. The molecule has 0 radical (unpaired) electrons. The molecule has 0 rings (SSSR count). The van der Waals surface area contributed by atoms with Gasteiger partial charge in [-0.1, -0.05) is 13.8 Å². The van der Waals surface area contributed by atoms with E-state index in [9.17, 15) is 14.4 Å². The van der Waals surface area contributed by atoms with Gasteiger partial charge >= 0.3 is 5.97 Å². The predicted octanol–water partition coefficient (Wildman–Crippen LogP) is -0.174. The van der Waals surface area contributed by atoms with Crippen LogP contribution in [0.2, 0.25) is 0 Å². The second kappa shape index (κ2) is 7.65. The van der Waals surface area contributed by atoms with Gasteiger partial charge in [-0.2, -0.15) is 0 Å². The monoisotopic (exact) mass is 244 g/mol. The summed E-state index contributed by atoms with van der Waals surface area (Å²) in [6, 6.07) is -0.684. The zero-order valence-electron chi connectivity index (χ0n) is 10.7. The lowest BCUT2D eigenvalue weighted by molar-refractivity contribution is -0.148. The molecule has 6 heteroatoms. The number of esters is 1. The zero-order valence-corrected chi connectivity index (χ0v) is 10.7. The Kier molecular flexibility index (Phi) is 6.93. The van der Waals surface area contributed by atoms with Crippen LogP contribution < -0.4 is 10.6 Å². The Balaban J connectivity index is 4.29. The molecule has 0 aliphatic rings. The minimum absolute atomic E-state index is 0.0738. The molecule has 0 aliphatic carbocycles. The third-order valence-electron chi connectivity index (χ3n) is 2.02. The molecule has 2 amide bonds. The van der Waals surface area contributed by atoms with E-state index in [1.165, 1.54) is 6.92 Å². The van der Waals surface area contributed by atoms with Crippen LogP contribution in [0.5, 0.6) is 0 Å². The SMILES string of the molecule is CCOC(=O)[C@@H](NC(=O)CNC(C)=O)C(C)C. The average Bonchev–Trinajstić information content (AvgIpc) is 2.22. The van der Waals surface area contributed by atoms with Crippen LogP contribution in [0, 0.1) is 5.92 Å². The highest BCUT2D eigenvalue weighted by Crippen LogP contribution is 2.03. The van der Waals surface area contributed by atoms with E-state index in [0.29, 0.717) is 0 Å². The topological polar surface area (TPSA) is 84.5 Å². The maximum Gasteiger partial charge on any atom is 0.328 e. The number of amides is 2. The van der Waals surface area contributed by atoms with Gasteiger partial charge in [-0.25, -0.2) is 4.79 Å². The largest absolute Gasteiger partial charge is 0.464 e. The van der Waals surface area contributed by atoms with Crippen LogP contribution in [-0.2, 0) is 19.1 Å². The molecule has 0 aliphatic heterocycles. The van der Waals surface area contributed by atoms with Crippen molar-refractivity contribution in [1.82, 2.24) is 10.6 Å². The first-order chi connectivity index (χ1) is 7.88. The van der Waals surface area contributed by atoms with Crippen LogP contribution in [0.3, 0.4) is 0 Å². The van der Waals surface area contributed by atoms with Crippen molar-refractivity contribution in [3.8, 4) is 0 Å². The summed E-state index contributed by atoms with van der Waals surface area (Å²) in [7, 11) is 0. The fraction of sp³-hybridized carbons (Fsp3) is 0.727. The van der Waals surface area contributed by atoms with E-state index >= 15 is 0 Å². The molecule has 0 saturated carbocycles. The van der Waals surface area contributed by atoms with Crippen molar-refractivity contribution < 1.29 is 19.1 Å². The van der Waals surface area contributed by atoms with Crippen molar-refractivity contribution in [3.05, 3.63) is 0 Å². The third-order valence-corrected chi connectivity index (χ3v) is 2.02. The molecule has 17 heavy (non-hydrogen) atoms. The molecular formula is C11H20N2O4. The van der Waals surface area contributed by atoms with Crippen molar-refractivity contribution >= 4 is 17.8 Å². The van der Waals surface area contributed by atoms with E-state index in [-0.39, 0.29) is 25.0 Å². The molecule has 0 heterocycles. The first-order valence-electron chi connectivity index (χ1n) is 5.58. The van der Waals surface area contributed by atoms with Gasteiger partial charge in [0.2, 0.25) is 11.8 Å². The smallest absolute Gasteiger partial charge is 0.328 e. The van der Waals surface area contributed by atoms with Crippen molar-refractivity contribution in [2.45, 2.75) is 33.7 Å². The molecule has 0 spiro atoms. The first-order valence-corrected chi connectivity index (χ1v) is 5.58. The molecule has 1 atom stereocenters. The van der Waals surface area contributed by atoms with E-state index in [4.69, 9.17) is 4.74 Å². The number of hydrogen-bond donors (Lipinski definition) is 2. The van der Waals surface area contributed by atoms with E-state index < -0.39 is 17.9 Å². The van der Waals surface area contributed by atoms with Crippen LogP contribution in [-0.4, -0.2) is 37.0 Å². The van der Waals surface area contributed by atoms with Crippen LogP contribution in [0.25, 0.3) is 0 Å². The Morgan fingerprint density at radius 2 is 1.82 bits per heavy atom. The van der Waals surface area contributed by atoms with Crippen molar-refractivity contribution in [2.75, 3.05) is 13.2 Å². The highest BCUT2D eigenvalue weighted by atomic mass is 16.5. The van der Waals surface area contributed by atoms with Gasteiger partial charge in [-0.15, -0.1) is 0 Å². The van der Waals surface area contributed by atoms with Crippen LogP contribution >= 0.6 is 0 Å². The van der Waals surface area contributed by atoms with Crippen molar-refractivity contribution in [2.24, 2.45) is 5.92 Å². The molecular weight excluding hydrogens is 224 g/mol. The maximum atomic E-state index is 11.5. The number of ether oxygens (including phenoxy) is 1. The summed E-state index contributed by atoms with van der Waals surface area (Å²) in [4.78, 5) is 33.6. The van der Waals surface area contributed by atoms with Gasteiger partial charge in [0.15, 0.2) is 0 Å². The highest BCUT2D eigenvalue weighted by molar-refractivity contribution is 5.87. The predicted molar refractivity (Wildman–Crippen MR) is 62.1 cm³/mol. The molecule has 0 aromatic heterocycles. The van der Waals surface area contributed by atoms with Gasteiger partial charge in [-0.05, 0) is 12.8 Å². The quantitative estimate of drug-likeness (QED) is 0.635. The molecule has 2 N–H and O–H groups in total. The lowest BCUT2D eigenvalue weighted by Crippen LogP contribution is -2.48. The molecule has 0 fully saturated rings. The molecule has 0 aromatic rings. The third kappa shape index (κ3) is 6.55. The Morgan fingerprint density at radius 1 is 1.24 bits per heavy atom. The minimum Gasteiger partial charge on any atom is -0.464 e. The van der Waals surface area contributed by atoms with E-state index in [1.807, 2.05) is 0 Å². The average molecular weight is 244 g/mol.